The van der Waals surface area contributed by atoms with Crippen molar-refractivity contribution in [2.45, 2.75) is 24.5 Å². The average molecular weight is 353 g/mol. The zero-order valence-corrected chi connectivity index (χ0v) is 13.0. The van der Waals surface area contributed by atoms with Crippen LogP contribution in [0.2, 0.25) is 0 Å². The van der Waals surface area contributed by atoms with Crippen molar-refractivity contribution in [1.82, 2.24) is 10.6 Å². The Hall–Kier alpha value is -0.0900. The topological polar surface area (TPSA) is 36.4 Å². The van der Waals surface area contributed by atoms with Crippen LogP contribution >= 0.6 is 35.7 Å². The molecule has 0 spiro atoms. The number of halogens is 1. The fourth-order valence-corrected chi connectivity index (χ4v) is 2.85. The van der Waals surface area contributed by atoms with Gasteiger partial charge in [-0.05, 0) is 25.5 Å². The standard InChI is InChI=1S/C11H19N3S.HI/c1-4-7-13-10(12-3)14-9-11(2)6-5-8-15-11;/h1H,5-9H2,2-3H3,(H2,12,13,14);1H. The molecule has 3 nitrogen and oxygen atoms in total. The van der Waals surface area contributed by atoms with Gasteiger partial charge in [0.15, 0.2) is 5.96 Å². The van der Waals surface area contributed by atoms with Crippen LogP contribution in [0.15, 0.2) is 4.99 Å². The molecule has 0 aromatic heterocycles. The second kappa shape index (κ2) is 8.07. The van der Waals surface area contributed by atoms with Crippen molar-refractivity contribution in [2.24, 2.45) is 4.99 Å². The van der Waals surface area contributed by atoms with Crippen LogP contribution in [0.25, 0.3) is 0 Å². The molecule has 1 saturated heterocycles. The van der Waals surface area contributed by atoms with E-state index in [4.69, 9.17) is 6.42 Å². The molecular weight excluding hydrogens is 333 g/mol. The van der Waals surface area contributed by atoms with Gasteiger partial charge in [0.1, 0.15) is 0 Å². The maximum Gasteiger partial charge on any atom is 0.191 e. The van der Waals surface area contributed by atoms with E-state index in [-0.39, 0.29) is 24.0 Å². The van der Waals surface area contributed by atoms with Gasteiger partial charge in [0, 0.05) is 18.3 Å². The number of aliphatic imine (C=N–C) groups is 1. The summed E-state index contributed by atoms with van der Waals surface area (Å²) >= 11 is 2.04. The minimum atomic E-state index is 0. The predicted octanol–water partition coefficient (Wildman–Crippen LogP) is 1.69. The Balaban J connectivity index is 0.00000225. The highest BCUT2D eigenvalue weighted by Gasteiger charge is 2.29. The van der Waals surface area contributed by atoms with Crippen LogP contribution in [-0.2, 0) is 0 Å². The second-order valence-corrected chi connectivity index (χ2v) is 5.57. The fourth-order valence-electron chi connectivity index (χ4n) is 1.60. The van der Waals surface area contributed by atoms with Crippen LogP contribution < -0.4 is 10.6 Å². The normalized spacial score (nSPS) is 24.4. The Morgan fingerprint density at radius 3 is 2.81 bits per heavy atom. The quantitative estimate of drug-likeness (QED) is 0.351. The number of hydrogen-bond donors (Lipinski definition) is 2. The summed E-state index contributed by atoms with van der Waals surface area (Å²) in [6.07, 6.45) is 7.77. The van der Waals surface area contributed by atoms with E-state index in [2.05, 4.69) is 28.5 Å². The lowest BCUT2D eigenvalue weighted by molar-refractivity contribution is 0.586. The Kier molecular flexibility index (Phi) is 8.02. The van der Waals surface area contributed by atoms with Gasteiger partial charge in [-0.1, -0.05) is 5.92 Å². The number of nitrogens with one attached hydrogen (secondary N) is 2. The number of guanidine groups is 1. The van der Waals surface area contributed by atoms with Gasteiger partial charge in [0.25, 0.3) is 0 Å². The molecule has 0 bridgehead atoms. The Bertz CT molecular complexity index is 267. The van der Waals surface area contributed by atoms with Gasteiger partial charge in [-0.15, -0.1) is 30.4 Å². The van der Waals surface area contributed by atoms with Crippen molar-refractivity contribution in [3.63, 3.8) is 0 Å². The van der Waals surface area contributed by atoms with Crippen molar-refractivity contribution < 1.29 is 0 Å². The molecule has 0 amide bonds. The van der Waals surface area contributed by atoms with Crippen LogP contribution in [0.3, 0.4) is 0 Å². The highest BCUT2D eigenvalue weighted by atomic mass is 127. The van der Waals surface area contributed by atoms with E-state index in [0.717, 1.165) is 12.5 Å². The van der Waals surface area contributed by atoms with Crippen LogP contribution in [0.1, 0.15) is 19.8 Å². The highest BCUT2D eigenvalue weighted by Crippen LogP contribution is 2.36. The van der Waals surface area contributed by atoms with Gasteiger partial charge in [0.2, 0.25) is 0 Å². The van der Waals surface area contributed by atoms with Crippen LogP contribution in [-0.4, -0.2) is 36.6 Å². The molecule has 0 aromatic rings. The Labute approximate surface area is 120 Å². The lowest BCUT2D eigenvalue weighted by atomic mass is 10.1. The Morgan fingerprint density at radius 2 is 2.31 bits per heavy atom. The van der Waals surface area contributed by atoms with Gasteiger partial charge in [0.05, 0.1) is 6.54 Å². The first-order valence-electron chi connectivity index (χ1n) is 5.22. The summed E-state index contributed by atoms with van der Waals surface area (Å²) in [6, 6.07) is 0. The minimum absolute atomic E-state index is 0. The highest BCUT2D eigenvalue weighted by molar-refractivity contribution is 14.0. The molecule has 0 radical (unpaired) electrons. The molecule has 1 rings (SSSR count). The Morgan fingerprint density at radius 1 is 1.56 bits per heavy atom. The maximum absolute atomic E-state index is 5.18. The lowest BCUT2D eigenvalue weighted by Crippen LogP contribution is -2.43. The molecular formula is C11H20IN3S. The van der Waals surface area contributed by atoms with Crippen molar-refractivity contribution in [1.29, 1.82) is 0 Å². The smallest absolute Gasteiger partial charge is 0.191 e. The molecule has 1 heterocycles. The number of nitrogens with zero attached hydrogens (tertiary/aromatic N) is 1. The molecule has 1 atom stereocenters. The molecule has 1 fully saturated rings. The molecule has 92 valence electrons. The molecule has 2 N–H and O–H groups in total. The van der Waals surface area contributed by atoms with E-state index in [1.54, 1.807) is 7.05 Å². The first-order chi connectivity index (χ1) is 7.20. The largest absolute Gasteiger partial charge is 0.355 e. The summed E-state index contributed by atoms with van der Waals surface area (Å²) in [7, 11) is 1.76. The third-order valence-corrected chi connectivity index (χ3v) is 4.05. The van der Waals surface area contributed by atoms with E-state index >= 15 is 0 Å². The summed E-state index contributed by atoms with van der Waals surface area (Å²) in [5, 5.41) is 6.36. The molecule has 0 aromatic carbocycles. The van der Waals surface area contributed by atoms with E-state index < -0.39 is 0 Å². The van der Waals surface area contributed by atoms with E-state index in [9.17, 15) is 0 Å². The van der Waals surface area contributed by atoms with Crippen molar-refractivity contribution in [3.05, 3.63) is 0 Å². The lowest BCUT2D eigenvalue weighted by Gasteiger charge is -2.24. The number of terminal acetylenes is 1. The fraction of sp³-hybridized carbons (Fsp3) is 0.727. The molecule has 0 saturated carbocycles. The second-order valence-electron chi connectivity index (χ2n) is 3.89. The van der Waals surface area contributed by atoms with E-state index in [0.29, 0.717) is 11.3 Å². The SMILES string of the molecule is C#CCNC(=NC)NCC1(C)CCCS1.I. The first-order valence-corrected chi connectivity index (χ1v) is 6.21. The monoisotopic (exact) mass is 353 g/mol. The van der Waals surface area contributed by atoms with Crippen molar-refractivity contribution in [3.8, 4) is 12.3 Å². The maximum atomic E-state index is 5.18. The summed E-state index contributed by atoms with van der Waals surface area (Å²) in [6.45, 7) is 3.76. The zero-order valence-electron chi connectivity index (χ0n) is 9.88. The van der Waals surface area contributed by atoms with Crippen molar-refractivity contribution in [2.75, 3.05) is 25.9 Å². The third-order valence-electron chi connectivity index (χ3n) is 2.51. The average Bonchev–Trinajstić information content (AvgIpc) is 2.66. The number of rotatable bonds is 3. The molecule has 0 aliphatic carbocycles. The number of hydrogen-bond acceptors (Lipinski definition) is 2. The predicted molar refractivity (Wildman–Crippen MR) is 83.7 cm³/mol. The van der Waals surface area contributed by atoms with E-state index in [1.807, 2.05) is 11.8 Å². The summed E-state index contributed by atoms with van der Waals surface area (Å²) < 4.78 is 0.355. The van der Waals surface area contributed by atoms with Crippen LogP contribution in [0.5, 0.6) is 0 Å². The number of thioether (sulfide) groups is 1. The van der Waals surface area contributed by atoms with Crippen LogP contribution in [0.4, 0.5) is 0 Å². The summed E-state index contributed by atoms with van der Waals surface area (Å²) in [4.78, 5) is 4.11. The molecule has 1 aliphatic rings. The molecule has 1 aliphatic heterocycles. The van der Waals surface area contributed by atoms with Gasteiger partial charge >= 0.3 is 0 Å². The summed E-state index contributed by atoms with van der Waals surface area (Å²) in [5.41, 5.74) is 0. The van der Waals surface area contributed by atoms with Gasteiger partial charge in [-0.3, -0.25) is 4.99 Å². The first kappa shape index (κ1) is 15.9. The molecule has 1 unspecified atom stereocenters. The van der Waals surface area contributed by atoms with Gasteiger partial charge in [-0.2, -0.15) is 11.8 Å². The molecule has 16 heavy (non-hydrogen) atoms. The zero-order chi connectivity index (χ0) is 11.1. The molecule has 5 heteroatoms. The van der Waals surface area contributed by atoms with Gasteiger partial charge < -0.3 is 10.6 Å². The third kappa shape index (κ3) is 5.30. The summed E-state index contributed by atoms with van der Waals surface area (Å²) in [5.74, 6) is 4.60. The minimum Gasteiger partial charge on any atom is -0.355 e. The van der Waals surface area contributed by atoms with Gasteiger partial charge in [-0.25, -0.2) is 0 Å². The van der Waals surface area contributed by atoms with Crippen LogP contribution in [0, 0.1) is 12.3 Å². The van der Waals surface area contributed by atoms with Crippen molar-refractivity contribution >= 4 is 41.7 Å². The van der Waals surface area contributed by atoms with E-state index in [1.165, 1.54) is 18.6 Å².